The van der Waals surface area contributed by atoms with E-state index >= 15 is 0 Å². The van der Waals surface area contributed by atoms with Crippen molar-refractivity contribution in [3.8, 4) is 0 Å². The molecule has 0 aliphatic carbocycles. The van der Waals surface area contributed by atoms with E-state index in [1.807, 2.05) is 0 Å². The van der Waals surface area contributed by atoms with Crippen molar-refractivity contribution in [1.82, 2.24) is 9.78 Å². The Morgan fingerprint density at radius 3 is 2.41 bits per heavy atom. The molecule has 0 aliphatic heterocycles. The van der Waals surface area contributed by atoms with Crippen molar-refractivity contribution < 1.29 is 31.7 Å². The van der Waals surface area contributed by atoms with Gasteiger partial charge in [-0.25, -0.2) is 17.6 Å². The van der Waals surface area contributed by atoms with E-state index in [-0.39, 0.29) is 29.4 Å². The maximum Gasteiger partial charge on any atom is 0.291 e. The Bertz CT molecular complexity index is 1030. The van der Waals surface area contributed by atoms with E-state index in [0.29, 0.717) is 10.7 Å². The lowest BCUT2D eigenvalue weighted by molar-refractivity contribution is -0.384. The van der Waals surface area contributed by atoms with Gasteiger partial charge in [0.05, 0.1) is 11.5 Å². The molecular formula is C17H12F4N4O4. The lowest BCUT2D eigenvalue weighted by Gasteiger charge is -2.05. The van der Waals surface area contributed by atoms with Gasteiger partial charge in [-0.15, -0.1) is 0 Å². The third kappa shape index (κ3) is 4.59. The average Bonchev–Trinajstić information content (AvgIpc) is 3.30. The van der Waals surface area contributed by atoms with E-state index in [0.717, 1.165) is 0 Å². The first kappa shape index (κ1) is 20.0. The molecule has 2 heterocycles. The quantitative estimate of drug-likeness (QED) is 0.348. The second-order valence-corrected chi connectivity index (χ2v) is 5.78. The number of nitro groups is 1. The summed E-state index contributed by atoms with van der Waals surface area (Å²) in [5.74, 6) is -0.809. The van der Waals surface area contributed by atoms with Crippen molar-refractivity contribution in [3.05, 3.63) is 75.5 Å². The monoisotopic (exact) mass is 412 g/mol. The predicted octanol–water partition coefficient (Wildman–Crippen LogP) is 4.56. The van der Waals surface area contributed by atoms with Crippen molar-refractivity contribution in [2.45, 2.75) is 19.4 Å². The SMILES string of the molecule is O=C(Nc1ccc([N+](=O)[O-])cc1)c1ccc(Cn2nc(C(F)F)cc2C(F)F)o1. The third-order valence-electron chi connectivity index (χ3n) is 3.80. The second-order valence-electron chi connectivity index (χ2n) is 5.78. The first-order chi connectivity index (χ1) is 13.7. The molecule has 0 unspecified atom stereocenters. The second kappa shape index (κ2) is 8.12. The summed E-state index contributed by atoms with van der Waals surface area (Å²) in [6.07, 6.45) is -6.02. The topological polar surface area (TPSA) is 103 Å². The molecule has 8 nitrogen and oxygen atoms in total. The van der Waals surface area contributed by atoms with Gasteiger partial charge in [-0.3, -0.25) is 19.6 Å². The molecule has 0 spiro atoms. The summed E-state index contributed by atoms with van der Waals surface area (Å²) >= 11 is 0. The van der Waals surface area contributed by atoms with Crippen LogP contribution in [0, 0.1) is 10.1 Å². The highest BCUT2D eigenvalue weighted by molar-refractivity contribution is 6.02. The number of non-ortho nitro benzene ring substituents is 1. The number of benzene rings is 1. The van der Waals surface area contributed by atoms with Crippen molar-refractivity contribution >= 4 is 17.3 Å². The van der Waals surface area contributed by atoms with Crippen molar-refractivity contribution in [1.29, 1.82) is 0 Å². The number of nitrogens with one attached hydrogen (secondary N) is 1. The zero-order valence-corrected chi connectivity index (χ0v) is 14.4. The molecule has 12 heteroatoms. The number of carbonyl (C=O) groups excluding carboxylic acids is 1. The molecule has 152 valence electrons. The molecule has 0 bridgehead atoms. The molecule has 0 atom stereocenters. The summed E-state index contributed by atoms with van der Waals surface area (Å²) in [5.41, 5.74) is -1.37. The largest absolute Gasteiger partial charge is 0.454 e. The number of hydrogen-bond acceptors (Lipinski definition) is 5. The number of amides is 1. The van der Waals surface area contributed by atoms with Crippen LogP contribution in [0.25, 0.3) is 0 Å². The molecule has 0 saturated carbocycles. The van der Waals surface area contributed by atoms with Crippen LogP contribution < -0.4 is 5.32 Å². The Balaban J connectivity index is 1.72. The first-order valence-corrected chi connectivity index (χ1v) is 8.03. The van der Waals surface area contributed by atoms with Crippen LogP contribution in [0.4, 0.5) is 28.9 Å². The highest BCUT2D eigenvalue weighted by Gasteiger charge is 2.22. The summed E-state index contributed by atoms with van der Waals surface area (Å²) in [4.78, 5) is 22.2. The fourth-order valence-corrected chi connectivity index (χ4v) is 2.45. The highest BCUT2D eigenvalue weighted by Crippen LogP contribution is 2.26. The minimum absolute atomic E-state index is 0.0460. The van der Waals surface area contributed by atoms with E-state index in [9.17, 15) is 32.5 Å². The van der Waals surface area contributed by atoms with Crippen LogP contribution in [0.1, 0.15) is 40.6 Å². The van der Waals surface area contributed by atoms with Gasteiger partial charge in [0.1, 0.15) is 17.1 Å². The lowest BCUT2D eigenvalue weighted by atomic mass is 10.3. The maximum absolute atomic E-state index is 13.0. The first-order valence-electron chi connectivity index (χ1n) is 8.03. The molecule has 0 saturated heterocycles. The molecule has 3 rings (SSSR count). The minimum Gasteiger partial charge on any atom is -0.454 e. The van der Waals surface area contributed by atoms with E-state index in [1.54, 1.807) is 0 Å². The highest BCUT2D eigenvalue weighted by atomic mass is 19.3. The Hall–Kier alpha value is -3.70. The van der Waals surface area contributed by atoms with Gasteiger partial charge in [0.25, 0.3) is 24.4 Å². The Morgan fingerprint density at radius 1 is 1.14 bits per heavy atom. The van der Waals surface area contributed by atoms with Gasteiger partial charge in [0.15, 0.2) is 5.76 Å². The number of halogens is 4. The Morgan fingerprint density at radius 2 is 1.83 bits per heavy atom. The van der Waals surface area contributed by atoms with Crippen molar-refractivity contribution in [2.24, 2.45) is 0 Å². The van der Waals surface area contributed by atoms with Crippen LogP contribution in [0.15, 0.2) is 46.9 Å². The smallest absolute Gasteiger partial charge is 0.291 e. The number of anilines is 1. The number of aromatic nitrogens is 2. The average molecular weight is 412 g/mol. The van der Waals surface area contributed by atoms with Crippen molar-refractivity contribution in [3.63, 3.8) is 0 Å². The fourth-order valence-electron chi connectivity index (χ4n) is 2.45. The molecule has 29 heavy (non-hydrogen) atoms. The van der Waals surface area contributed by atoms with Gasteiger partial charge in [-0.1, -0.05) is 0 Å². The number of hydrogen-bond donors (Lipinski definition) is 1. The molecule has 0 radical (unpaired) electrons. The molecule has 1 N–H and O–H groups in total. The van der Waals surface area contributed by atoms with Gasteiger partial charge < -0.3 is 9.73 Å². The van der Waals surface area contributed by atoms with E-state index < -0.39 is 35.1 Å². The van der Waals surface area contributed by atoms with E-state index in [2.05, 4.69) is 10.4 Å². The molecule has 1 aromatic carbocycles. The normalized spacial score (nSPS) is 11.2. The number of rotatable bonds is 7. The summed E-state index contributed by atoms with van der Waals surface area (Å²) < 4.78 is 57.4. The molecule has 0 fully saturated rings. The standard InChI is InChI=1S/C17H12F4N4O4/c18-15(19)12-7-13(16(20)21)24(23-12)8-11-5-6-14(29-11)17(26)22-9-1-3-10(4-2-9)25(27)28/h1-7,15-16H,8H2,(H,22,26). The van der Waals surface area contributed by atoms with Crippen LogP contribution in [0.2, 0.25) is 0 Å². The van der Waals surface area contributed by atoms with Crippen LogP contribution in [-0.2, 0) is 6.54 Å². The fraction of sp³-hybridized carbons (Fsp3) is 0.176. The summed E-state index contributed by atoms with van der Waals surface area (Å²) in [5, 5.41) is 16.5. The molecule has 2 aromatic heterocycles. The summed E-state index contributed by atoms with van der Waals surface area (Å²) in [6.45, 7) is -0.378. The van der Waals surface area contributed by atoms with Crippen LogP contribution >= 0.6 is 0 Å². The number of nitrogens with zero attached hydrogens (tertiary/aromatic N) is 3. The molecular weight excluding hydrogens is 400 g/mol. The van der Waals surface area contributed by atoms with E-state index in [1.165, 1.54) is 36.4 Å². The lowest BCUT2D eigenvalue weighted by Crippen LogP contribution is -2.11. The summed E-state index contributed by atoms with van der Waals surface area (Å²) in [7, 11) is 0. The van der Waals surface area contributed by atoms with Gasteiger partial charge in [0.2, 0.25) is 0 Å². The van der Waals surface area contributed by atoms with Crippen LogP contribution in [-0.4, -0.2) is 20.6 Å². The Kier molecular flexibility index (Phi) is 5.61. The van der Waals surface area contributed by atoms with Gasteiger partial charge >= 0.3 is 0 Å². The Labute approximate surface area is 159 Å². The zero-order chi connectivity index (χ0) is 21.1. The number of nitro benzene ring substituents is 1. The number of carbonyl (C=O) groups is 1. The van der Waals surface area contributed by atoms with Gasteiger partial charge in [-0.05, 0) is 30.3 Å². The van der Waals surface area contributed by atoms with Gasteiger partial charge in [0, 0.05) is 17.8 Å². The van der Waals surface area contributed by atoms with Crippen molar-refractivity contribution in [2.75, 3.05) is 5.32 Å². The third-order valence-corrected chi connectivity index (χ3v) is 3.80. The van der Waals surface area contributed by atoms with Crippen LogP contribution in [0.3, 0.4) is 0 Å². The maximum atomic E-state index is 13.0. The van der Waals surface area contributed by atoms with Crippen LogP contribution in [0.5, 0.6) is 0 Å². The predicted molar refractivity (Wildman–Crippen MR) is 91.0 cm³/mol. The zero-order valence-electron chi connectivity index (χ0n) is 14.4. The molecule has 0 aliphatic rings. The number of furan rings is 1. The molecule has 1 amide bonds. The van der Waals surface area contributed by atoms with Gasteiger partial charge in [-0.2, -0.15) is 5.10 Å². The number of alkyl halides is 4. The molecule has 3 aromatic rings. The van der Waals surface area contributed by atoms with E-state index in [4.69, 9.17) is 4.42 Å². The summed E-state index contributed by atoms with van der Waals surface area (Å²) in [6, 6.07) is 8.26. The minimum atomic E-state index is -3.02.